The summed E-state index contributed by atoms with van der Waals surface area (Å²) < 4.78 is 32.2. The van der Waals surface area contributed by atoms with Gasteiger partial charge in [0, 0.05) is 24.0 Å². The van der Waals surface area contributed by atoms with E-state index >= 15 is 0 Å². The zero-order valence-electron chi connectivity index (χ0n) is 22.7. The van der Waals surface area contributed by atoms with Crippen molar-refractivity contribution in [2.45, 2.75) is 31.8 Å². The van der Waals surface area contributed by atoms with Crippen molar-refractivity contribution in [2.24, 2.45) is 5.92 Å². The zero-order valence-corrected chi connectivity index (χ0v) is 24.3. The van der Waals surface area contributed by atoms with Crippen LogP contribution in [0.15, 0.2) is 96.3 Å². The molecule has 2 aromatic heterocycles. The first kappa shape index (κ1) is 28.1. The van der Waals surface area contributed by atoms with Gasteiger partial charge in [-0.1, -0.05) is 44.2 Å². The summed E-state index contributed by atoms with van der Waals surface area (Å²) in [5.41, 5.74) is 2.72. The number of rotatable bonds is 10. The number of hydrogen-bond acceptors (Lipinski definition) is 6. The van der Waals surface area contributed by atoms with Crippen LogP contribution < -0.4 is 9.62 Å². The Labute approximate surface area is 243 Å². The highest BCUT2D eigenvalue weighted by atomic mass is 32.2. The zero-order chi connectivity index (χ0) is 29.0. The number of amides is 1. The first-order valence-electron chi connectivity index (χ1n) is 13.1. The number of aromatic nitrogens is 2. The quantitative estimate of drug-likeness (QED) is 0.224. The van der Waals surface area contributed by atoms with E-state index in [9.17, 15) is 13.2 Å². The Morgan fingerprint density at radius 1 is 1.07 bits per heavy atom. The second-order valence-corrected chi connectivity index (χ2v) is 13.0. The van der Waals surface area contributed by atoms with Gasteiger partial charge in [-0.3, -0.25) is 9.10 Å². The van der Waals surface area contributed by atoms with Gasteiger partial charge in [-0.25, -0.2) is 13.4 Å². The molecule has 208 valence electrons. The first-order valence-corrected chi connectivity index (χ1v) is 15.4. The highest BCUT2D eigenvalue weighted by Gasteiger charge is 2.27. The molecule has 8 nitrogen and oxygen atoms in total. The maximum Gasteiger partial charge on any atom is 0.264 e. The van der Waals surface area contributed by atoms with Crippen LogP contribution in [-0.2, 0) is 23.1 Å². The average molecular weight is 584 g/mol. The summed E-state index contributed by atoms with van der Waals surface area (Å²) in [6.45, 7) is 5.17. The number of anilines is 1. The molecule has 0 saturated carbocycles. The molecule has 0 bridgehead atoms. The van der Waals surface area contributed by atoms with E-state index in [2.05, 4.69) is 16.4 Å². The van der Waals surface area contributed by atoms with Gasteiger partial charge in [0.05, 0.1) is 45.7 Å². The van der Waals surface area contributed by atoms with E-state index in [4.69, 9.17) is 5.26 Å². The molecule has 0 aliphatic carbocycles. The fraction of sp³-hybridized carbons (Fsp3) is 0.194. The normalized spacial score (nSPS) is 11.5. The number of nitrogens with one attached hydrogen (secondary N) is 1. The Hall–Kier alpha value is -4.46. The van der Waals surface area contributed by atoms with E-state index < -0.39 is 10.0 Å². The summed E-state index contributed by atoms with van der Waals surface area (Å²) in [4.78, 5) is 17.7. The van der Waals surface area contributed by atoms with Crippen LogP contribution >= 0.6 is 11.3 Å². The van der Waals surface area contributed by atoms with E-state index in [1.165, 1.54) is 15.6 Å². The minimum atomic E-state index is -3.94. The highest BCUT2D eigenvalue weighted by Crippen LogP contribution is 2.33. The van der Waals surface area contributed by atoms with Crippen molar-refractivity contribution in [1.29, 1.82) is 5.26 Å². The number of nitrogens with zero attached hydrogens (tertiary/aromatic N) is 4. The van der Waals surface area contributed by atoms with Gasteiger partial charge >= 0.3 is 0 Å². The van der Waals surface area contributed by atoms with E-state index in [1.54, 1.807) is 61.1 Å². The van der Waals surface area contributed by atoms with E-state index in [1.807, 2.05) is 48.7 Å². The molecule has 5 rings (SSSR count). The van der Waals surface area contributed by atoms with Crippen molar-refractivity contribution in [3.63, 3.8) is 0 Å². The van der Waals surface area contributed by atoms with Gasteiger partial charge in [0.15, 0.2) is 0 Å². The predicted molar refractivity (Wildman–Crippen MR) is 161 cm³/mol. The Kier molecular flexibility index (Phi) is 8.19. The second kappa shape index (κ2) is 12.0. The number of imidazole rings is 1. The summed E-state index contributed by atoms with van der Waals surface area (Å²) in [6.07, 6.45) is 3.34. The minimum absolute atomic E-state index is 0.0465. The average Bonchev–Trinajstić information content (AvgIpc) is 3.61. The number of nitriles is 1. The summed E-state index contributed by atoms with van der Waals surface area (Å²) in [5, 5.41) is 12.8. The van der Waals surface area contributed by atoms with Crippen molar-refractivity contribution in [3.05, 3.63) is 113 Å². The summed E-state index contributed by atoms with van der Waals surface area (Å²) in [6, 6.07) is 25.0. The Morgan fingerprint density at radius 2 is 1.83 bits per heavy atom. The Morgan fingerprint density at radius 3 is 2.54 bits per heavy atom. The molecular weight excluding hydrogens is 555 g/mol. The van der Waals surface area contributed by atoms with E-state index in [0.29, 0.717) is 40.8 Å². The Balaban J connectivity index is 1.50. The first-order chi connectivity index (χ1) is 19.7. The molecule has 1 N–H and O–H groups in total. The van der Waals surface area contributed by atoms with Gasteiger partial charge in [-0.05, 0) is 65.4 Å². The third-order valence-corrected chi connectivity index (χ3v) is 9.46. The lowest BCUT2D eigenvalue weighted by Gasteiger charge is -2.25. The molecule has 0 aliphatic heterocycles. The van der Waals surface area contributed by atoms with Gasteiger partial charge < -0.3 is 9.88 Å². The third kappa shape index (κ3) is 6.32. The molecule has 1 amide bonds. The van der Waals surface area contributed by atoms with Crippen LogP contribution in [0.1, 0.15) is 40.3 Å². The number of carbonyl (C=O) groups excluding carboxylic acids is 1. The van der Waals surface area contributed by atoms with Gasteiger partial charge in [-0.2, -0.15) is 5.26 Å². The number of fused-ring (bicyclic) bond motifs is 1. The summed E-state index contributed by atoms with van der Waals surface area (Å²) >= 11 is 1.38. The van der Waals surface area contributed by atoms with Gasteiger partial charge in [0.25, 0.3) is 15.9 Å². The standard InChI is InChI=1S/C31H29N5O3S2/c1-22(2)17-34-31(37)30-15-25-14-26(12-13-29(25)40-30)36(41(38,39)28-6-4-3-5-7-28)20-27-18-33-21-35(27)19-24-10-8-23(16-32)9-11-24/h3-15,18,21-22H,17,19-20H2,1-2H3,(H,34,37). The van der Waals surface area contributed by atoms with E-state index in [0.717, 1.165) is 15.6 Å². The topological polar surface area (TPSA) is 108 Å². The number of carbonyl (C=O) groups is 1. The van der Waals surface area contributed by atoms with Crippen molar-refractivity contribution < 1.29 is 13.2 Å². The molecule has 41 heavy (non-hydrogen) atoms. The minimum Gasteiger partial charge on any atom is -0.351 e. The third-order valence-electron chi connectivity index (χ3n) is 6.55. The van der Waals surface area contributed by atoms with Crippen molar-refractivity contribution in [1.82, 2.24) is 14.9 Å². The van der Waals surface area contributed by atoms with Gasteiger partial charge in [0.2, 0.25) is 0 Å². The molecule has 3 aromatic carbocycles. The molecule has 0 unspecified atom stereocenters. The number of sulfonamides is 1. The smallest absolute Gasteiger partial charge is 0.264 e. The van der Waals surface area contributed by atoms with Crippen LogP contribution in [-0.4, -0.2) is 30.4 Å². The summed E-state index contributed by atoms with van der Waals surface area (Å²) in [5.74, 6) is 0.198. The lowest BCUT2D eigenvalue weighted by molar-refractivity contribution is 0.0953. The van der Waals surface area contributed by atoms with Crippen LogP contribution in [0.2, 0.25) is 0 Å². The van der Waals surface area contributed by atoms with Crippen molar-refractivity contribution in [2.75, 3.05) is 10.8 Å². The maximum absolute atomic E-state index is 14.0. The number of benzene rings is 3. The fourth-order valence-corrected chi connectivity index (χ4v) is 6.78. The molecule has 0 atom stereocenters. The monoisotopic (exact) mass is 583 g/mol. The lowest BCUT2D eigenvalue weighted by atomic mass is 10.1. The Bertz CT molecular complexity index is 1820. The predicted octanol–water partition coefficient (Wildman–Crippen LogP) is 5.80. The molecular formula is C31H29N5O3S2. The molecule has 0 fully saturated rings. The molecule has 0 spiro atoms. The largest absolute Gasteiger partial charge is 0.351 e. The molecule has 0 radical (unpaired) electrons. The van der Waals surface area contributed by atoms with Crippen LogP contribution in [0, 0.1) is 17.2 Å². The van der Waals surface area contributed by atoms with Gasteiger partial charge in [-0.15, -0.1) is 11.3 Å². The van der Waals surface area contributed by atoms with E-state index in [-0.39, 0.29) is 17.3 Å². The second-order valence-electron chi connectivity index (χ2n) is 10.1. The molecule has 5 aromatic rings. The number of hydrogen-bond donors (Lipinski definition) is 1. The van der Waals surface area contributed by atoms with Crippen LogP contribution in [0.3, 0.4) is 0 Å². The van der Waals surface area contributed by atoms with Crippen LogP contribution in [0.4, 0.5) is 5.69 Å². The fourth-order valence-electron chi connectivity index (χ4n) is 4.37. The molecule has 2 heterocycles. The van der Waals surface area contributed by atoms with Crippen LogP contribution in [0.5, 0.6) is 0 Å². The molecule has 0 saturated heterocycles. The summed E-state index contributed by atoms with van der Waals surface area (Å²) in [7, 11) is -3.94. The number of thiophene rings is 1. The maximum atomic E-state index is 14.0. The van der Waals surface area contributed by atoms with Crippen LogP contribution in [0.25, 0.3) is 10.1 Å². The lowest BCUT2D eigenvalue weighted by Crippen LogP contribution is -2.31. The highest BCUT2D eigenvalue weighted by molar-refractivity contribution is 7.92. The SMILES string of the molecule is CC(C)CNC(=O)c1cc2cc(N(Cc3cncn3Cc3ccc(C#N)cc3)S(=O)(=O)c3ccccc3)ccc2s1. The molecule has 10 heteroatoms. The van der Waals surface area contributed by atoms with Crippen molar-refractivity contribution >= 4 is 43.0 Å². The molecule has 0 aliphatic rings. The van der Waals surface area contributed by atoms with Gasteiger partial charge in [0.1, 0.15) is 0 Å². The van der Waals surface area contributed by atoms with Crippen molar-refractivity contribution in [3.8, 4) is 6.07 Å².